The molecule has 2 aliphatic rings. The lowest BCUT2D eigenvalue weighted by Gasteiger charge is -2.22. The molecule has 182 valence electrons. The van der Waals surface area contributed by atoms with Gasteiger partial charge in [0.25, 0.3) is 5.91 Å². The van der Waals surface area contributed by atoms with E-state index in [0.717, 1.165) is 19.3 Å². The summed E-state index contributed by atoms with van der Waals surface area (Å²) in [5.74, 6) is -0.969. The summed E-state index contributed by atoms with van der Waals surface area (Å²) in [6.45, 7) is 3.55. The Bertz CT molecular complexity index is 1190. The van der Waals surface area contributed by atoms with Crippen molar-refractivity contribution in [2.75, 3.05) is 25.1 Å². The molecule has 0 saturated heterocycles. The van der Waals surface area contributed by atoms with Gasteiger partial charge in [-0.3, -0.25) is 9.59 Å². The van der Waals surface area contributed by atoms with Gasteiger partial charge in [-0.25, -0.2) is 8.42 Å². The predicted octanol–water partition coefficient (Wildman–Crippen LogP) is 2.43. The molecule has 10 heteroatoms. The smallest absolute Gasteiger partial charge is 0.324 e. The third kappa shape index (κ3) is 5.51. The number of rotatable bonds is 8. The van der Waals surface area contributed by atoms with E-state index < -0.39 is 40.5 Å². The molecule has 1 aliphatic carbocycles. The lowest BCUT2D eigenvalue weighted by atomic mass is 10.1. The lowest BCUT2D eigenvalue weighted by Crippen LogP contribution is -2.45. The van der Waals surface area contributed by atoms with Crippen LogP contribution in [0.25, 0.3) is 0 Å². The van der Waals surface area contributed by atoms with Gasteiger partial charge in [-0.15, -0.1) is 0 Å². The molecule has 0 saturated carbocycles. The minimum atomic E-state index is -4.06. The van der Waals surface area contributed by atoms with Gasteiger partial charge in [0.1, 0.15) is 19.3 Å². The molecule has 4 rings (SSSR count). The molecular formula is C24H28N2O7S. The van der Waals surface area contributed by atoms with Crippen LogP contribution in [0.4, 0.5) is 5.69 Å². The minimum absolute atomic E-state index is 0.0652. The summed E-state index contributed by atoms with van der Waals surface area (Å²) in [6, 6.07) is 8.81. The van der Waals surface area contributed by atoms with E-state index in [-0.39, 0.29) is 4.90 Å². The van der Waals surface area contributed by atoms with Crippen LogP contribution in [0.3, 0.4) is 0 Å². The zero-order valence-corrected chi connectivity index (χ0v) is 19.9. The number of sulfonamides is 1. The normalized spacial score (nSPS) is 15.5. The van der Waals surface area contributed by atoms with Crippen molar-refractivity contribution in [3.05, 3.63) is 47.5 Å². The average molecular weight is 489 g/mol. The molecule has 0 radical (unpaired) electrons. The van der Waals surface area contributed by atoms with Crippen LogP contribution in [-0.4, -0.2) is 46.2 Å². The molecule has 0 bridgehead atoms. The number of ether oxygens (including phenoxy) is 3. The van der Waals surface area contributed by atoms with Crippen molar-refractivity contribution in [3.63, 3.8) is 0 Å². The van der Waals surface area contributed by atoms with Crippen molar-refractivity contribution in [1.29, 1.82) is 0 Å². The van der Waals surface area contributed by atoms with Crippen LogP contribution in [0.15, 0.2) is 41.3 Å². The first kappa shape index (κ1) is 24.0. The highest BCUT2D eigenvalue weighted by Crippen LogP contribution is 2.32. The molecule has 34 heavy (non-hydrogen) atoms. The van der Waals surface area contributed by atoms with Crippen LogP contribution in [0, 0.1) is 5.92 Å². The summed E-state index contributed by atoms with van der Waals surface area (Å²) in [6.07, 6.45) is 3.12. The number of carbonyl (C=O) groups excluding carboxylic acids is 2. The second kappa shape index (κ2) is 10.0. The topological polar surface area (TPSA) is 120 Å². The van der Waals surface area contributed by atoms with Crippen molar-refractivity contribution in [1.82, 2.24) is 4.72 Å². The Kier molecular flexibility index (Phi) is 7.08. The van der Waals surface area contributed by atoms with Crippen LogP contribution < -0.4 is 19.5 Å². The van der Waals surface area contributed by atoms with E-state index in [0.29, 0.717) is 30.4 Å². The van der Waals surface area contributed by atoms with E-state index in [1.54, 1.807) is 13.8 Å². The number of amides is 1. The number of esters is 1. The fraction of sp³-hybridized carbons (Fsp3) is 0.417. The summed E-state index contributed by atoms with van der Waals surface area (Å²) in [5, 5.41) is 2.72. The van der Waals surface area contributed by atoms with Crippen molar-refractivity contribution in [3.8, 4) is 11.5 Å². The third-order valence-electron chi connectivity index (χ3n) is 5.75. The fourth-order valence-corrected chi connectivity index (χ4v) is 5.30. The summed E-state index contributed by atoms with van der Waals surface area (Å²) >= 11 is 0. The molecule has 2 aromatic carbocycles. The van der Waals surface area contributed by atoms with Gasteiger partial charge in [-0.05, 0) is 60.6 Å². The van der Waals surface area contributed by atoms with Gasteiger partial charge >= 0.3 is 5.97 Å². The molecular weight excluding hydrogens is 460 g/mol. The maximum Gasteiger partial charge on any atom is 0.324 e. The number of hydrogen-bond acceptors (Lipinski definition) is 7. The van der Waals surface area contributed by atoms with Crippen molar-refractivity contribution in [2.24, 2.45) is 5.92 Å². The SMILES string of the molecule is CC(C)C(NS(=O)(=O)c1ccc2c(c1)OCCO2)C(=O)OCC(=O)Nc1ccc2c(c1)CCC2. The second-order valence-corrected chi connectivity index (χ2v) is 10.4. The van der Waals surface area contributed by atoms with Gasteiger partial charge in [-0.1, -0.05) is 19.9 Å². The van der Waals surface area contributed by atoms with Gasteiger partial charge in [0, 0.05) is 11.8 Å². The first-order valence-electron chi connectivity index (χ1n) is 11.2. The van der Waals surface area contributed by atoms with Gasteiger partial charge in [0.15, 0.2) is 18.1 Å². The summed E-state index contributed by atoms with van der Waals surface area (Å²) < 4.78 is 44.2. The Morgan fingerprint density at radius 2 is 1.74 bits per heavy atom. The zero-order valence-electron chi connectivity index (χ0n) is 19.1. The third-order valence-corrected chi connectivity index (χ3v) is 7.19. The van der Waals surface area contributed by atoms with E-state index in [9.17, 15) is 18.0 Å². The minimum Gasteiger partial charge on any atom is -0.486 e. The number of fused-ring (bicyclic) bond motifs is 2. The zero-order chi connectivity index (χ0) is 24.3. The molecule has 1 amide bonds. The van der Waals surface area contributed by atoms with Gasteiger partial charge in [-0.2, -0.15) is 4.72 Å². The molecule has 0 aromatic heterocycles. The molecule has 1 atom stereocenters. The van der Waals surface area contributed by atoms with Gasteiger partial charge in [0.05, 0.1) is 4.90 Å². The Hall–Kier alpha value is -3.11. The Morgan fingerprint density at radius 3 is 2.50 bits per heavy atom. The molecule has 0 fully saturated rings. The fourth-order valence-electron chi connectivity index (χ4n) is 3.96. The number of carbonyl (C=O) groups is 2. The highest BCUT2D eigenvalue weighted by Gasteiger charge is 2.31. The molecule has 1 heterocycles. The van der Waals surface area contributed by atoms with E-state index >= 15 is 0 Å². The molecule has 2 N–H and O–H groups in total. The van der Waals surface area contributed by atoms with Crippen LogP contribution in [0.2, 0.25) is 0 Å². The van der Waals surface area contributed by atoms with Crippen LogP contribution in [0.5, 0.6) is 11.5 Å². The van der Waals surface area contributed by atoms with Gasteiger partial charge in [0.2, 0.25) is 10.0 Å². The molecule has 1 unspecified atom stereocenters. The first-order valence-corrected chi connectivity index (χ1v) is 12.7. The Balaban J connectivity index is 1.37. The van der Waals surface area contributed by atoms with Crippen molar-refractivity contribution < 1.29 is 32.2 Å². The second-order valence-electron chi connectivity index (χ2n) is 8.64. The predicted molar refractivity (Wildman–Crippen MR) is 124 cm³/mol. The molecule has 0 spiro atoms. The van der Waals surface area contributed by atoms with E-state index in [2.05, 4.69) is 10.0 Å². The number of benzene rings is 2. The number of aryl methyl sites for hydroxylation is 2. The summed E-state index contributed by atoms with van der Waals surface area (Å²) in [5.41, 5.74) is 3.14. The first-order chi connectivity index (χ1) is 16.2. The van der Waals surface area contributed by atoms with Crippen molar-refractivity contribution in [2.45, 2.75) is 44.0 Å². The van der Waals surface area contributed by atoms with Crippen LogP contribution >= 0.6 is 0 Å². The number of anilines is 1. The van der Waals surface area contributed by atoms with Crippen LogP contribution in [0.1, 0.15) is 31.4 Å². The standard InChI is InChI=1S/C24H28N2O7S/c1-15(2)23(26-34(29,30)19-8-9-20-21(13-19)32-11-10-31-20)24(28)33-14-22(27)25-18-7-6-16-4-3-5-17(16)12-18/h6-9,12-13,15,23,26H,3-5,10-11,14H2,1-2H3,(H,25,27). The highest BCUT2D eigenvalue weighted by atomic mass is 32.2. The molecule has 9 nitrogen and oxygen atoms in total. The van der Waals surface area contributed by atoms with E-state index in [1.807, 2.05) is 18.2 Å². The largest absolute Gasteiger partial charge is 0.486 e. The maximum atomic E-state index is 12.9. The average Bonchev–Trinajstić information content (AvgIpc) is 3.28. The quantitative estimate of drug-likeness (QED) is 0.548. The highest BCUT2D eigenvalue weighted by molar-refractivity contribution is 7.89. The number of hydrogen-bond donors (Lipinski definition) is 2. The summed E-state index contributed by atoms with van der Waals surface area (Å²) in [4.78, 5) is 24.9. The lowest BCUT2D eigenvalue weighted by molar-refractivity contribution is -0.150. The Labute approximate surface area is 198 Å². The monoisotopic (exact) mass is 488 g/mol. The summed E-state index contributed by atoms with van der Waals surface area (Å²) in [7, 11) is -4.06. The molecule has 2 aromatic rings. The molecule has 1 aliphatic heterocycles. The Morgan fingerprint density at radius 1 is 1.00 bits per heavy atom. The van der Waals surface area contributed by atoms with Gasteiger partial charge < -0.3 is 19.5 Å². The van der Waals surface area contributed by atoms with Crippen molar-refractivity contribution >= 4 is 27.6 Å². The van der Waals surface area contributed by atoms with E-state index in [1.165, 1.54) is 29.3 Å². The maximum absolute atomic E-state index is 12.9. The number of nitrogens with one attached hydrogen (secondary N) is 2. The van der Waals surface area contributed by atoms with E-state index in [4.69, 9.17) is 14.2 Å². The van der Waals surface area contributed by atoms with Crippen LogP contribution in [-0.2, 0) is 37.2 Å².